The molecule has 120 valence electrons. The molecular weight excluding hydrogens is 284 g/mol. The molecular formula is C16H22N2O4. The number of aliphatic imine (C=N–C) groups is 1. The van der Waals surface area contributed by atoms with Crippen LogP contribution in [0.3, 0.4) is 0 Å². The zero-order valence-corrected chi connectivity index (χ0v) is 13.3. The first-order chi connectivity index (χ1) is 10.7. The third-order valence-corrected chi connectivity index (χ3v) is 3.51. The van der Waals surface area contributed by atoms with Crippen LogP contribution in [-0.4, -0.2) is 45.7 Å². The Morgan fingerprint density at radius 1 is 1.27 bits per heavy atom. The Bertz CT molecular complexity index is 570. The summed E-state index contributed by atoms with van der Waals surface area (Å²) < 4.78 is 15.5. The zero-order chi connectivity index (χ0) is 15.9. The molecule has 1 aromatic carbocycles. The van der Waals surface area contributed by atoms with Gasteiger partial charge in [-0.3, -0.25) is 4.99 Å². The summed E-state index contributed by atoms with van der Waals surface area (Å²) in [7, 11) is 3.25. The molecule has 1 aliphatic heterocycles. The molecule has 22 heavy (non-hydrogen) atoms. The molecule has 1 aromatic rings. The molecule has 6 nitrogen and oxygen atoms in total. The van der Waals surface area contributed by atoms with Crippen molar-refractivity contribution in [2.75, 3.05) is 33.9 Å². The fourth-order valence-electron chi connectivity index (χ4n) is 2.47. The second kappa shape index (κ2) is 7.68. The molecule has 0 radical (unpaired) electrons. The lowest BCUT2D eigenvalue weighted by atomic mass is 9.95. The van der Waals surface area contributed by atoms with Crippen LogP contribution in [0.5, 0.6) is 11.5 Å². The average molecular weight is 306 g/mol. The fourth-order valence-corrected chi connectivity index (χ4v) is 2.47. The van der Waals surface area contributed by atoms with E-state index in [1.165, 1.54) is 5.56 Å². The zero-order valence-electron chi connectivity index (χ0n) is 13.3. The second-order valence-corrected chi connectivity index (χ2v) is 4.84. The minimum Gasteiger partial charge on any atom is -0.493 e. The van der Waals surface area contributed by atoms with Gasteiger partial charge >= 0.3 is 6.09 Å². The van der Waals surface area contributed by atoms with Crippen LogP contribution in [-0.2, 0) is 11.2 Å². The van der Waals surface area contributed by atoms with E-state index < -0.39 is 6.09 Å². The van der Waals surface area contributed by atoms with Gasteiger partial charge in [-0.05, 0) is 31.0 Å². The molecule has 1 N–H and O–H groups in total. The van der Waals surface area contributed by atoms with Crippen molar-refractivity contribution in [1.29, 1.82) is 0 Å². The number of fused-ring (bicyclic) bond motifs is 1. The number of carbonyl (C=O) groups excluding carboxylic acids is 1. The van der Waals surface area contributed by atoms with Crippen molar-refractivity contribution in [1.82, 2.24) is 5.32 Å². The number of nitrogens with zero attached hydrogens (tertiary/aromatic N) is 1. The van der Waals surface area contributed by atoms with Gasteiger partial charge in [0.2, 0.25) is 0 Å². The predicted molar refractivity (Wildman–Crippen MR) is 84.3 cm³/mol. The van der Waals surface area contributed by atoms with Gasteiger partial charge in [0.15, 0.2) is 11.5 Å². The van der Waals surface area contributed by atoms with Crippen LogP contribution >= 0.6 is 0 Å². The summed E-state index contributed by atoms with van der Waals surface area (Å²) in [4.78, 5) is 15.9. The molecule has 1 amide bonds. The summed E-state index contributed by atoms with van der Waals surface area (Å²) >= 11 is 0. The molecule has 0 saturated carbocycles. The number of hydrogen-bond acceptors (Lipinski definition) is 5. The first-order valence-corrected chi connectivity index (χ1v) is 7.38. The number of nitrogens with one attached hydrogen (secondary N) is 1. The van der Waals surface area contributed by atoms with Crippen molar-refractivity contribution >= 4 is 11.8 Å². The molecule has 1 aliphatic rings. The molecule has 0 spiro atoms. The van der Waals surface area contributed by atoms with Gasteiger partial charge in [-0.1, -0.05) is 0 Å². The Morgan fingerprint density at radius 3 is 2.68 bits per heavy atom. The lowest BCUT2D eigenvalue weighted by molar-refractivity contribution is 0.152. The van der Waals surface area contributed by atoms with E-state index in [4.69, 9.17) is 14.2 Å². The topological polar surface area (TPSA) is 69.2 Å². The number of methoxy groups -OCH3 is 2. The largest absolute Gasteiger partial charge is 0.493 e. The Balaban J connectivity index is 2.09. The van der Waals surface area contributed by atoms with E-state index in [2.05, 4.69) is 10.3 Å². The third kappa shape index (κ3) is 3.69. The van der Waals surface area contributed by atoms with E-state index in [1.54, 1.807) is 21.1 Å². The Morgan fingerprint density at radius 2 is 2.00 bits per heavy atom. The summed E-state index contributed by atoms with van der Waals surface area (Å²) in [5, 5.41) is 2.71. The lowest BCUT2D eigenvalue weighted by Gasteiger charge is -2.20. The highest BCUT2D eigenvalue weighted by atomic mass is 16.5. The van der Waals surface area contributed by atoms with E-state index in [0.717, 1.165) is 30.0 Å². The predicted octanol–water partition coefficient (Wildman–Crippen LogP) is 2.19. The van der Waals surface area contributed by atoms with Gasteiger partial charge in [-0.25, -0.2) is 4.79 Å². The van der Waals surface area contributed by atoms with Crippen molar-refractivity contribution in [2.45, 2.75) is 19.8 Å². The van der Waals surface area contributed by atoms with Crippen LogP contribution in [0.15, 0.2) is 17.1 Å². The van der Waals surface area contributed by atoms with Crippen molar-refractivity contribution in [2.24, 2.45) is 4.99 Å². The molecule has 0 atom stereocenters. The molecule has 2 rings (SSSR count). The summed E-state index contributed by atoms with van der Waals surface area (Å²) in [5.41, 5.74) is 3.23. The highest BCUT2D eigenvalue weighted by Gasteiger charge is 2.18. The van der Waals surface area contributed by atoms with Crippen LogP contribution in [0, 0.1) is 0 Å². The van der Waals surface area contributed by atoms with Gasteiger partial charge < -0.3 is 19.5 Å². The maximum absolute atomic E-state index is 11.3. The van der Waals surface area contributed by atoms with Gasteiger partial charge in [0.1, 0.15) is 0 Å². The molecule has 0 unspecified atom stereocenters. The van der Waals surface area contributed by atoms with E-state index >= 15 is 0 Å². The van der Waals surface area contributed by atoms with Crippen molar-refractivity contribution in [3.05, 3.63) is 23.3 Å². The molecule has 6 heteroatoms. The molecule has 0 fully saturated rings. The van der Waals surface area contributed by atoms with E-state index in [1.807, 2.05) is 12.1 Å². The normalized spacial score (nSPS) is 13.0. The van der Waals surface area contributed by atoms with Crippen molar-refractivity contribution in [3.8, 4) is 11.5 Å². The average Bonchev–Trinajstić information content (AvgIpc) is 2.54. The molecule has 0 aromatic heterocycles. The Labute approximate surface area is 130 Å². The second-order valence-electron chi connectivity index (χ2n) is 4.84. The van der Waals surface area contributed by atoms with Crippen molar-refractivity contribution < 1.29 is 19.0 Å². The highest BCUT2D eigenvalue weighted by Crippen LogP contribution is 2.32. The number of ether oxygens (including phenoxy) is 3. The summed E-state index contributed by atoms with van der Waals surface area (Å²) in [6.07, 6.45) is 1.14. The summed E-state index contributed by atoms with van der Waals surface area (Å²) in [6.45, 7) is 3.38. The number of benzene rings is 1. The standard InChI is InChI=1S/C16H22N2O4/c1-4-22-16(19)18-8-6-13-12-10-15(21-3)14(20-2)9-11(12)5-7-17-13/h9-10H,4-8H2,1-3H3,(H,18,19). The SMILES string of the molecule is CCOC(=O)NCCC1=NCCc2cc(OC)c(OC)cc21. The van der Waals surface area contributed by atoms with Crippen molar-refractivity contribution in [3.63, 3.8) is 0 Å². The molecule has 0 saturated heterocycles. The number of hydrogen-bond donors (Lipinski definition) is 1. The van der Waals surface area contributed by atoms with Crippen LogP contribution in [0.25, 0.3) is 0 Å². The van der Waals surface area contributed by atoms with E-state index in [0.29, 0.717) is 25.3 Å². The summed E-state index contributed by atoms with van der Waals surface area (Å²) in [5.74, 6) is 1.42. The van der Waals surface area contributed by atoms with Crippen LogP contribution in [0.4, 0.5) is 4.79 Å². The van der Waals surface area contributed by atoms with Gasteiger partial charge in [-0.2, -0.15) is 0 Å². The minimum atomic E-state index is -0.397. The van der Waals surface area contributed by atoms with E-state index in [9.17, 15) is 4.79 Å². The molecule has 0 bridgehead atoms. The maximum atomic E-state index is 11.3. The smallest absolute Gasteiger partial charge is 0.407 e. The van der Waals surface area contributed by atoms with Crippen LogP contribution in [0.1, 0.15) is 24.5 Å². The summed E-state index contributed by atoms with van der Waals surface area (Å²) in [6, 6.07) is 3.96. The highest BCUT2D eigenvalue weighted by molar-refractivity contribution is 6.03. The van der Waals surface area contributed by atoms with Gasteiger partial charge in [-0.15, -0.1) is 0 Å². The first kappa shape index (κ1) is 16.1. The first-order valence-electron chi connectivity index (χ1n) is 7.38. The molecule has 1 heterocycles. The van der Waals surface area contributed by atoms with E-state index in [-0.39, 0.29) is 0 Å². The number of rotatable bonds is 6. The van der Waals surface area contributed by atoms with Crippen LogP contribution in [0.2, 0.25) is 0 Å². The Kier molecular flexibility index (Phi) is 5.63. The van der Waals surface area contributed by atoms with Gasteiger partial charge in [0, 0.05) is 30.8 Å². The van der Waals surface area contributed by atoms with Crippen LogP contribution < -0.4 is 14.8 Å². The minimum absolute atomic E-state index is 0.368. The third-order valence-electron chi connectivity index (χ3n) is 3.51. The monoisotopic (exact) mass is 306 g/mol. The molecule has 0 aliphatic carbocycles. The quantitative estimate of drug-likeness (QED) is 0.874. The number of carbonyl (C=O) groups is 1. The van der Waals surface area contributed by atoms with Gasteiger partial charge in [0.25, 0.3) is 0 Å². The number of amides is 1. The number of alkyl carbamates (subject to hydrolysis) is 1. The Hall–Kier alpha value is -2.24. The fraction of sp³-hybridized carbons (Fsp3) is 0.500. The van der Waals surface area contributed by atoms with Gasteiger partial charge in [0.05, 0.1) is 20.8 Å². The lowest BCUT2D eigenvalue weighted by Crippen LogP contribution is -2.27. The maximum Gasteiger partial charge on any atom is 0.407 e.